The van der Waals surface area contributed by atoms with Gasteiger partial charge in [0.25, 0.3) is 0 Å². The molecule has 6 heteroatoms. The second kappa shape index (κ2) is 6.15. The van der Waals surface area contributed by atoms with Crippen LogP contribution >= 0.6 is 0 Å². The molecule has 2 saturated carbocycles. The van der Waals surface area contributed by atoms with Crippen molar-refractivity contribution in [2.24, 2.45) is 5.92 Å². The van der Waals surface area contributed by atoms with Gasteiger partial charge in [0, 0.05) is 12.0 Å². The molecule has 1 aromatic rings. The highest BCUT2D eigenvalue weighted by Gasteiger charge is 2.44. The van der Waals surface area contributed by atoms with Crippen LogP contribution in [-0.4, -0.2) is 23.2 Å². The molecule has 3 nitrogen and oxygen atoms in total. The molecule has 2 unspecified atom stereocenters. The van der Waals surface area contributed by atoms with Gasteiger partial charge in [-0.1, -0.05) is 12.1 Å². The van der Waals surface area contributed by atoms with E-state index >= 15 is 0 Å². The normalized spacial score (nSPS) is 30.8. The SMILES string of the molecule is O=C(NC1CCC(O)CC1)C1CC1c1ccc(C(F)(F)F)cc1. The summed E-state index contributed by atoms with van der Waals surface area (Å²) in [5.74, 6) is -0.138. The average molecular weight is 327 g/mol. The Kier molecular flexibility index (Phi) is 4.36. The van der Waals surface area contributed by atoms with Crippen molar-refractivity contribution in [1.29, 1.82) is 0 Å². The predicted octanol–water partition coefficient (Wildman–Crippen LogP) is 3.23. The molecule has 0 bridgehead atoms. The van der Waals surface area contributed by atoms with Gasteiger partial charge in [-0.3, -0.25) is 4.79 Å². The zero-order chi connectivity index (χ0) is 16.6. The lowest BCUT2D eigenvalue weighted by molar-refractivity contribution is -0.137. The van der Waals surface area contributed by atoms with Crippen LogP contribution in [-0.2, 0) is 11.0 Å². The van der Waals surface area contributed by atoms with Crippen LogP contribution in [0.2, 0.25) is 0 Å². The zero-order valence-corrected chi connectivity index (χ0v) is 12.6. The van der Waals surface area contributed by atoms with Crippen LogP contribution < -0.4 is 5.32 Å². The summed E-state index contributed by atoms with van der Waals surface area (Å²) in [4.78, 5) is 12.2. The van der Waals surface area contributed by atoms with Crippen molar-refractivity contribution in [1.82, 2.24) is 5.32 Å². The van der Waals surface area contributed by atoms with Crippen LogP contribution in [0.4, 0.5) is 13.2 Å². The number of amides is 1. The highest BCUT2D eigenvalue weighted by atomic mass is 19.4. The first kappa shape index (κ1) is 16.3. The fourth-order valence-corrected chi connectivity index (χ4v) is 3.30. The summed E-state index contributed by atoms with van der Waals surface area (Å²) in [6.45, 7) is 0. The third-order valence-corrected chi connectivity index (χ3v) is 4.84. The molecule has 0 saturated heterocycles. The quantitative estimate of drug-likeness (QED) is 0.895. The molecule has 0 heterocycles. The van der Waals surface area contributed by atoms with Crippen molar-refractivity contribution in [3.8, 4) is 0 Å². The molecular weight excluding hydrogens is 307 g/mol. The Balaban J connectivity index is 1.53. The van der Waals surface area contributed by atoms with Gasteiger partial charge in [0.2, 0.25) is 5.91 Å². The van der Waals surface area contributed by atoms with Crippen molar-refractivity contribution in [2.75, 3.05) is 0 Å². The van der Waals surface area contributed by atoms with Crippen molar-refractivity contribution in [3.05, 3.63) is 35.4 Å². The maximum absolute atomic E-state index is 12.5. The molecule has 2 N–H and O–H groups in total. The monoisotopic (exact) mass is 327 g/mol. The molecule has 0 spiro atoms. The predicted molar refractivity (Wildman–Crippen MR) is 78.7 cm³/mol. The highest BCUT2D eigenvalue weighted by molar-refractivity contribution is 5.83. The molecule has 23 heavy (non-hydrogen) atoms. The summed E-state index contributed by atoms with van der Waals surface area (Å²) >= 11 is 0. The van der Waals surface area contributed by atoms with Gasteiger partial charge in [0.1, 0.15) is 0 Å². The highest BCUT2D eigenvalue weighted by Crippen LogP contribution is 2.48. The molecule has 2 aliphatic carbocycles. The number of carbonyl (C=O) groups is 1. The number of carbonyl (C=O) groups excluding carboxylic acids is 1. The number of hydrogen-bond donors (Lipinski definition) is 2. The number of aliphatic hydroxyl groups is 1. The smallest absolute Gasteiger partial charge is 0.393 e. The van der Waals surface area contributed by atoms with E-state index in [1.807, 2.05) is 0 Å². The first-order chi connectivity index (χ1) is 10.8. The van der Waals surface area contributed by atoms with Gasteiger partial charge >= 0.3 is 6.18 Å². The first-order valence-electron chi connectivity index (χ1n) is 8.00. The third kappa shape index (κ3) is 3.86. The molecule has 2 aliphatic rings. The summed E-state index contributed by atoms with van der Waals surface area (Å²) in [6, 6.07) is 5.20. The standard InChI is InChI=1S/C17H20F3NO2/c18-17(19,20)11-3-1-10(2-4-11)14-9-15(14)16(23)21-12-5-7-13(22)8-6-12/h1-4,12-15,22H,5-9H2,(H,21,23). The molecule has 0 aliphatic heterocycles. The molecule has 1 aromatic carbocycles. The lowest BCUT2D eigenvalue weighted by atomic mass is 9.93. The molecule has 2 fully saturated rings. The van der Waals surface area contributed by atoms with Gasteiger partial charge in [0.05, 0.1) is 11.7 Å². The summed E-state index contributed by atoms with van der Waals surface area (Å²) in [7, 11) is 0. The van der Waals surface area contributed by atoms with Gasteiger partial charge < -0.3 is 10.4 Å². The van der Waals surface area contributed by atoms with Gasteiger partial charge in [-0.05, 0) is 55.7 Å². The van der Waals surface area contributed by atoms with Crippen LogP contribution in [0, 0.1) is 5.92 Å². The van der Waals surface area contributed by atoms with Crippen LogP contribution in [0.3, 0.4) is 0 Å². The summed E-state index contributed by atoms with van der Waals surface area (Å²) in [5.41, 5.74) is 0.126. The number of rotatable bonds is 3. The molecule has 0 radical (unpaired) electrons. The molecule has 3 rings (SSSR count). The van der Waals surface area contributed by atoms with Gasteiger partial charge in [-0.2, -0.15) is 13.2 Å². The number of alkyl halides is 3. The summed E-state index contributed by atoms with van der Waals surface area (Å²) in [6.07, 6.45) is -0.925. The zero-order valence-electron chi connectivity index (χ0n) is 12.6. The first-order valence-corrected chi connectivity index (χ1v) is 8.00. The van der Waals surface area contributed by atoms with E-state index in [0.717, 1.165) is 30.5 Å². The van der Waals surface area contributed by atoms with Crippen LogP contribution in [0.25, 0.3) is 0 Å². The van der Waals surface area contributed by atoms with Gasteiger partial charge in [0.15, 0.2) is 0 Å². The Bertz CT molecular complexity index is 562. The number of halogens is 3. The van der Waals surface area contributed by atoms with E-state index in [0.29, 0.717) is 19.3 Å². The average Bonchev–Trinajstić information content (AvgIpc) is 3.29. The summed E-state index contributed by atoms with van der Waals surface area (Å²) in [5, 5.41) is 12.5. The minimum Gasteiger partial charge on any atom is -0.393 e. The van der Waals surface area contributed by atoms with E-state index < -0.39 is 11.7 Å². The van der Waals surface area contributed by atoms with E-state index in [2.05, 4.69) is 5.32 Å². The Morgan fingerprint density at radius 1 is 1.09 bits per heavy atom. The van der Waals surface area contributed by atoms with Crippen molar-refractivity contribution in [2.45, 2.75) is 56.3 Å². The number of nitrogens with one attached hydrogen (secondary N) is 1. The number of hydrogen-bond acceptors (Lipinski definition) is 2. The molecule has 126 valence electrons. The van der Waals surface area contributed by atoms with E-state index in [4.69, 9.17) is 0 Å². The minimum absolute atomic E-state index is 0.0173. The number of benzene rings is 1. The molecule has 2 atom stereocenters. The topological polar surface area (TPSA) is 49.3 Å². The van der Waals surface area contributed by atoms with Crippen molar-refractivity contribution < 1.29 is 23.1 Å². The largest absolute Gasteiger partial charge is 0.416 e. The Labute approximate surface area is 132 Å². The lowest BCUT2D eigenvalue weighted by Gasteiger charge is -2.26. The molecular formula is C17H20F3NO2. The van der Waals surface area contributed by atoms with Crippen molar-refractivity contribution in [3.63, 3.8) is 0 Å². The van der Waals surface area contributed by atoms with E-state index in [1.165, 1.54) is 12.1 Å². The Morgan fingerprint density at radius 3 is 2.26 bits per heavy atom. The van der Waals surface area contributed by atoms with E-state index in [9.17, 15) is 23.1 Å². The maximum atomic E-state index is 12.5. The third-order valence-electron chi connectivity index (χ3n) is 4.84. The van der Waals surface area contributed by atoms with E-state index in [-0.39, 0.29) is 29.9 Å². The van der Waals surface area contributed by atoms with Gasteiger partial charge in [-0.15, -0.1) is 0 Å². The van der Waals surface area contributed by atoms with Crippen molar-refractivity contribution >= 4 is 5.91 Å². The second-order valence-electron chi connectivity index (χ2n) is 6.58. The fourth-order valence-electron chi connectivity index (χ4n) is 3.30. The molecule has 1 amide bonds. The lowest BCUT2D eigenvalue weighted by Crippen LogP contribution is -2.39. The summed E-state index contributed by atoms with van der Waals surface area (Å²) < 4.78 is 37.6. The maximum Gasteiger partial charge on any atom is 0.416 e. The Hall–Kier alpha value is -1.56. The molecule has 0 aromatic heterocycles. The Morgan fingerprint density at radius 2 is 1.70 bits per heavy atom. The van der Waals surface area contributed by atoms with Crippen LogP contribution in [0.5, 0.6) is 0 Å². The van der Waals surface area contributed by atoms with Crippen LogP contribution in [0.15, 0.2) is 24.3 Å². The van der Waals surface area contributed by atoms with E-state index in [1.54, 1.807) is 0 Å². The minimum atomic E-state index is -4.33. The second-order valence-corrected chi connectivity index (χ2v) is 6.58. The fraction of sp³-hybridized carbons (Fsp3) is 0.588. The number of aliphatic hydroxyl groups excluding tert-OH is 1. The van der Waals surface area contributed by atoms with Crippen LogP contribution in [0.1, 0.15) is 49.1 Å². The van der Waals surface area contributed by atoms with Gasteiger partial charge in [-0.25, -0.2) is 0 Å².